The third kappa shape index (κ3) is 3.80. The van der Waals surface area contributed by atoms with Gasteiger partial charge >= 0.3 is 0 Å². The largest absolute Gasteiger partial charge is 0.438 e. The van der Waals surface area contributed by atoms with Crippen molar-refractivity contribution in [3.05, 3.63) is 101 Å². The van der Waals surface area contributed by atoms with Crippen LogP contribution in [0.15, 0.2) is 82.2 Å². The lowest BCUT2D eigenvalue weighted by Gasteiger charge is -2.09. The number of aryl methyl sites for hydroxylation is 1. The summed E-state index contributed by atoms with van der Waals surface area (Å²) >= 11 is 0. The minimum Gasteiger partial charge on any atom is -0.438 e. The summed E-state index contributed by atoms with van der Waals surface area (Å²) in [4.78, 5) is 17.5. The molecular formula is C24H19FN2O2. The van der Waals surface area contributed by atoms with E-state index in [4.69, 9.17) is 4.42 Å². The predicted molar refractivity (Wildman–Crippen MR) is 112 cm³/mol. The maximum Gasteiger partial charge on any atom is 0.261 e. The summed E-state index contributed by atoms with van der Waals surface area (Å²) < 4.78 is 19.9. The van der Waals surface area contributed by atoms with Gasteiger partial charge in [0.25, 0.3) is 5.91 Å². The van der Waals surface area contributed by atoms with Crippen molar-refractivity contribution in [3.8, 4) is 0 Å². The quantitative estimate of drug-likeness (QED) is 0.493. The molecule has 0 atom stereocenters. The molecular weight excluding hydrogens is 367 g/mol. The van der Waals surface area contributed by atoms with Gasteiger partial charge in [0.05, 0.1) is 5.69 Å². The normalized spacial score (nSPS) is 11.6. The first-order valence-corrected chi connectivity index (χ1v) is 9.22. The fourth-order valence-electron chi connectivity index (χ4n) is 3.04. The zero-order valence-electron chi connectivity index (χ0n) is 16.1. The van der Waals surface area contributed by atoms with Crippen LogP contribution >= 0.6 is 0 Å². The van der Waals surface area contributed by atoms with Crippen LogP contribution in [0.4, 0.5) is 15.8 Å². The Morgan fingerprint density at radius 2 is 1.72 bits per heavy atom. The van der Waals surface area contributed by atoms with Gasteiger partial charge in [-0.25, -0.2) is 9.38 Å². The zero-order chi connectivity index (χ0) is 20.4. The minimum absolute atomic E-state index is 0.128. The molecule has 0 spiro atoms. The van der Waals surface area contributed by atoms with E-state index in [-0.39, 0.29) is 22.8 Å². The van der Waals surface area contributed by atoms with Crippen molar-refractivity contribution in [1.82, 2.24) is 0 Å². The van der Waals surface area contributed by atoms with Gasteiger partial charge in [-0.1, -0.05) is 42.5 Å². The van der Waals surface area contributed by atoms with Crippen LogP contribution in [0.2, 0.25) is 0 Å². The van der Waals surface area contributed by atoms with Crippen molar-refractivity contribution in [3.63, 3.8) is 0 Å². The number of nitrogens with one attached hydrogen (secondary N) is 1. The SMILES string of the molecule is Cc1ccccc1NC(=O)c1cc2ccccc2oc1=Nc1cccc(F)c1C. The lowest BCUT2D eigenvalue weighted by Crippen LogP contribution is -2.22. The second-order valence-corrected chi connectivity index (χ2v) is 6.77. The summed E-state index contributed by atoms with van der Waals surface area (Å²) in [6, 6.07) is 21.3. The van der Waals surface area contributed by atoms with Crippen LogP contribution in [-0.4, -0.2) is 5.91 Å². The summed E-state index contributed by atoms with van der Waals surface area (Å²) in [5.41, 5.74) is 3.44. The number of nitrogens with zero attached hydrogens (tertiary/aromatic N) is 1. The molecule has 1 aromatic heterocycles. The molecule has 29 heavy (non-hydrogen) atoms. The third-order valence-electron chi connectivity index (χ3n) is 4.75. The summed E-state index contributed by atoms with van der Waals surface area (Å²) in [7, 11) is 0. The first-order valence-electron chi connectivity index (χ1n) is 9.22. The molecule has 4 aromatic rings. The highest BCUT2D eigenvalue weighted by molar-refractivity contribution is 6.05. The summed E-state index contributed by atoms with van der Waals surface area (Å²) in [5, 5.41) is 3.69. The highest BCUT2D eigenvalue weighted by Crippen LogP contribution is 2.21. The van der Waals surface area contributed by atoms with Crippen LogP contribution in [0.25, 0.3) is 11.0 Å². The number of hydrogen-bond acceptors (Lipinski definition) is 3. The second kappa shape index (κ2) is 7.72. The first-order chi connectivity index (χ1) is 14.0. The molecule has 3 aromatic carbocycles. The monoisotopic (exact) mass is 386 g/mol. The van der Waals surface area contributed by atoms with Crippen LogP contribution < -0.4 is 10.9 Å². The molecule has 0 bridgehead atoms. The molecule has 5 heteroatoms. The molecule has 4 rings (SSSR count). The van der Waals surface area contributed by atoms with Crippen LogP contribution in [-0.2, 0) is 0 Å². The van der Waals surface area contributed by atoms with E-state index in [2.05, 4.69) is 10.3 Å². The van der Waals surface area contributed by atoms with Gasteiger partial charge in [0.2, 0.25) is 5.55 Å². The Hall–Kier alpha value is -3.73. The average Bonchev–Trinajstić information content (AvgIpc) is 2.72. The van der Waals surface area contributed by atoms with E-state index in [1.165, 1.54) is 6.07 Å². The number of rotatable bonds is 3. The van der Waals surface area contributed by atoms with Gasteiger partial charge in [-0.2, -0.15) is 0 Å². The molecule has 0 fully saturated rings. The van der Waals surface area contributed by atoms with E-state index in [9.17, 15) is 9.18 Å². The topological polar surface area (TPSA) is 54.6 Å². The predicted octanol–water partition coefficient (Wildman–Crippen LogP) is 5.67. The molecule has 0 radical (unpaired) electrons. The van der Waals surface area contributed by atoms with Crippen molar-refractivity contribution in [1.29, 1.82) is 0 Å². The number of amides is 1. The maximum absolute atomic E-state index is 14.0. The number of anilines is 1. The Morgan fingerprint density at radius 3 is 2.55 bits per heavy atom. The van der Waals surface area contributed by atoms with E-state index in [1.54, 1.807) is 31.2 Å². The van der Waals surface area contributed by atoms with Crippen molar-refractivity contribution in [2.75, 3.05) is 5.32 Å². The van der Waals surface area contributed by atoms with Gasteiger partial charge < -0.3 is 9.73 Å². The van der Waals surface area contributed by atoms with Crippen molar-refractivity contribution < 1.29 is 13.6 Å². The van der Waals surface area contributed by atoms with Gasteiger partial charge in [-0.05, 0) is 49.7 Å². The van der Waals surface area contributed by atoms with Crippen LogP contribution in [0.1, 0.15) is 21.5 Å². The Kier molecular flexibility index (Phi) is 4.96. The zero-order valence-corrected chi connectivity index (χ0v) is 16.1. The number of halogens is 1. The van der Waals surface area contributed by atoms with Crippen LogP contribution in [0.3, 0.4) is 0 Å². The molecule has 0 saturated carbocycles. The highest BCUT2D eigenvalue weighted by atomic mass is 19.1. The van der Waals surface area contributed by atoms with Gasteiger partial charge in [-0.15, -0.1) is 0 Å². The van der Waals surface area contributed by atoms with E-state index >= 15 is 0 Å². The third-order valence-corrected chi connectivity index (χ3v) is 4.75. The molecule has 0 saturated heterocycles. The molecule has 0 aliphatic carbocycles. The van der Waals surface area contributed by atoms with Gasteiger partial charge in [-0.3, -0.25) is 4.79 Å². The fraction of sp³-hybridized carbons (Fsp3) is 0.0833. The molecule has 4 nitrogen and oxygen atoms in total. The summed E-state index contributed by atoms with van der Waals surface area (Å²) in [6.45, 7) is 3.56. The molecule has 1 heterocycles. The van der Waals surface area contributed by atoms with Crippen molar-refractivity contribution >= 4 is 28.3 Å². The number of hydrogen-bond donors (Lipinski definition) is 1. The van der Waals surface area contributed by atoms with Gasteiger partial charge in [0, 0.05) is 16.6 Å². The van der Waals surface area contributed by atoms with E-state index in [1.807, 2.05) is 49.4 Å². The lowest BCUT2D eigenvalue weighted by atomic mass is 10.1. The van der Waals surface area contributed by atoms with Crippen LogP contribution in [0.5, 0.6) is 0 Å². The maximum atomic E-state index is 14.0. The number of carbonyl (C=O) groups excluding carboxylic acids is 1. The summed E-state index contributed by atoms with van der Waals surface area (Å²) in [6.07, 6.45) is 0. The average molecular weight is 386 g/mol. The minimum atomic E-state index is -0.363. The molecule has 0 unspecified atom stereocenters. The van der Waals surface area contributed by atoms with Gasteiger partial charge in [0.15, 0.2) is 0 Å². The molecule has 144 valence electrons. The number of para-hydroxylation sites is 2. The highest BCUT2D eigenvalue weighted by Gasteiger charge is 2.14. The molecule has 0 aliphatic rings. The molecule has 0 aliphatic heterocycles. The Morgan fingerprint density at radius 1 is 0.966 bits per heavy atom. The number of fused-ring (bicyclic) bond motifs is 1. The lowest BCUT2D eigenvalue weighted by molar-refractivity contribution is 0.102. The van der Waals surface area contributed by atoms with E-state index in [0.717, 1.165) is 10.9 Å². The van der Waals surface area contributed by atoms with E-state index < -0.39 is 0 Å². The van der Waals surface area contributed by atoms with Crippen LogP contribution in [0, 0.1) is 19.7 Å². The number of benzene rings is 3. The van der Waals surface area contributed by atoms with Crippen molar-refractivity contribution in [2.24, 2.45) is 4.99 Å². The Balaban J connectivity index is 1.89. The Labute approximate surface area is 167 Å². The second-order valence-electron chi connectivity index (χ2n) is 6.77. The molecule has 1 N–H and O–H groups in total. The van der Waals surface area contributed by atoms with E-state index in [0.29, 0.717) is 22.5 Å². The first kappa shape index (κ1) is 18.6. The van der Waals surface area contributed by atoms with Gasteiger partial charge in [0.1, 0.15) is 17.0 Å². The standard InChI is InChI=1S/C24H19FN2O2/c1-15-8-3-5-11-20(15)26-23(28)18-14-17-9-4-6-13-22(17)29-24(18)27-21-12-7-10-19(25)16(21)2/h3-14H,1-2H3,(H,26,28). The number of carbonyl (C=O) groups is 1. The van der Waals surface area contributed by atoms with Crippen molar-refractivity contribution in [2.45, 2.75) is 13.8 Å². The smallest absolute Gasteiger partial charge is 0.261 e. The molecule has 1 amide bonds. The fourth-order valence-corrected chi connectivity index (χ4v) is 3.04. The summed E-state index contributed by atoms with van der Waals surface area (Å²) in [5.74, 6) is -0.709. The Bertz CT molecular complexity index is 1290.